The molecule has 88 valence electrons. The van der Waals surface area contributed by atoms with Gasteiger partial charge in [-0.1, -0.05) is 26.2 Å². The highest BCUT2D eigenvalue weighted by molar-refractivity contribution is 5.76. The second kappa shape index (κ2) is 6.83. The Morgan fingerprint density at radius 2 is 2.07 bits per heavy atom. The van der Waals surface area contributed by atoms with Crippen LogP contribution in [0.3, 0.4) is 0 Å². The minimum absolute atomic E-state index is 0.106. The fourth-order valence-electron chi connectivity index (χ4n) is 2.10. The molecule has 0 aromatic heterocycles. The SMILES string of the molecule is CCC(O)CNC(=O)CC1CCCCC1. The van der Waals surface area contributed by atoms with E-state index in [4.69, 9.17) is 0 Å². The lowest BCUT2D eigenvalue weighted by molar-refractivity contribution is -0.122. The Bertz CT molecular complexity index is 188. The van der Waals surface area contributed by atoms with Crippen LogP contribution in [0.15, 0.2) is 0 Å². The summed E-state index contributed by atoms with van der Waals surface area (Å²) in [5.74, 6) is 0.687. The average Bonchev–Trinajstić information content (AvgIpc) is 2.27. The molecule has 0 aromatic carbocycles. The molecule has 1 amide bonds. The number of aliphatic hydroxyl groups excluding tert-OH is 1. The lowest BCUT2D eigenvalue weighted by Gasteiger charge is -2.21. The van der Waals surface area contributed by atoms with Gasteiger partial charge in [0.1, 0.15) is 0 Å². The van der Waals surface area contributed by atoms with Gasteiger partial charge in [0.05, 0.1) is 6.10 Å². The van der Waals surface area contributed by atoms with Crippen molar-refractivity contribution in [1.82, 2.24) is 5.32 Å². The smallest absolute Gasteiger partial charge is 0.220 e. The van der Waals surface area contributed by atoms with Gasteiger partial charge in [-0.3, -0.25) is 4.79 Å². The number of rotatable bonds is 5. The summed E-state index contributed by atoms with van der Waals surface area (Å²) in [6.07, 6.45) is 7.23. The minimum Gasteiger partial charge on any atom is -0.391 e. The zero-order valence-corrected chi connectivity index (χ0v) is 9.67. The molecule has 1 unspecified atom stereocenters. The standard InChI is InChI=1S/C12H23NO2/c1-2-11(14)9-13-12(15)8-10-6-4-3-5-7-10/h10-11,14H,2-9H2,1H3,(H,13,15). The lowest BCUT2D eigenvalue weighted by atomic mass is 9.87. The summed E-state index contributed by atoms with van der Waals surface area (Å²) in [6.45, 7) is 2.32. The first kappa shape index (κ1) is 12.5. The van der Waals surface area contributed by atoms with Crippen LogP contribution in [0.1, 0.15) is 51.9 Å². The predicted octanol–water partition coefficient (Wildman–Crippen LogP) is 1.84. The molecular weight excluding hydrogens is 190 g/mol. The lowest BCUT2D eigenvalue weighted by Crippen LogP contribution is -2.33. The Kier molecular flexibility index (Phi) is 5.69. The van der Waals surface area contributed by atoms with E-state index in [1.54, 1.807) is 0 Å². The third-order valence-electron chi connectivity index (χ3n) is 3.20. The van der Waals surface area contributed by atoms with E-state index >= 15 is 0 Å². The maximum atomic E-state index is 11.5. The van der Waals surface area contributed by atoms with Crippen LogP contribution in [0.25, 0.3) is 0 Å². The second-order valence-corrected chi connectivity index (χ2v) is 4.57. The van der Waals surface area contributed by atoms with Crippen LogP contribution in [0.2, 0.25) is 0 Å². The molecular formula is C12H23NO2. The average molecular weight is 213 g/mol. The Morgan fingerprint density at radius 3 is 2.67 bits per heavy atom. The van der Waals surface area contributed by atoms with Crippen LogP contribution in [-0.4, -0.2) is 23.7 Å². The van der Waals surface area contributed by atoms with Gasteiger partial charge in [0, 0.05) is 13.0 Å². The molecule has 0 radical (unpaired) electrons. The molecule has 3 nitrogen and oxygen atoms in total. The molecule has 15 heavy (non-hydrogen) atoms. The Balaban J connectivity index is 2.11. The number of carbonyl (C=O) groups is 1. The van der Waals surface area contributed by atoms with Gasteiger partial charge in [0.2, 0.25) is 5.91 Å². The van der Waals surface area contributed by atoms with Gasteiger partial charge in [-0.15, -0.1) is 0 Å². The first-order chi connectivity index (χ1) is 7.22. The molecule has 1 aliphatic rings. The van der Waals surface area contributed by atoms with Crippen molar-refractivity contribution < 1.29 is 9.90 Å². The molecule has 1 aliphatic carbocycles. The van der Waals surface area contributed by atoms with E-state index in [2.05, 4.69) is 5.32 Å². The van der Waals surface area contributed by atoms with Crippen molar-refractivity contribution in [1.29, 1.82) is 0 Å². The van der Waals surface area contributed by atoms with Crippen molar-refractivity contribution in [2.75, 3.05) is 6.54 Å². The highest BCUT2D eigenvalue weighted by Crippen LogP contribution is 2.25. The normalized spacial score (nSPS) is 19.9. The molecule has 1 atom stereocenters. The van der Waals surface area contributed by atoms with Crippen molar-refractivity contribution in [3.63, 3.8) is 0 Å². The van der Waals surface area contributed by atoms with E-state index < -0.39 is 0 Å². The first-order valence-corrected chi connectivity index (χ1v) is 6.17. The Labute approximate surface area is 92.3 Å². The van der Waals surface area contributed by atoms with Crippen LogP contribution >= 0.6 is 0 Å². The van der Waals surface area contributed by atoms with E-state index in [1.165, 1.54) is 32.1 Å². The molecule has 3 heteroatoms. The molecule has 1 saturated carbocycles. The summed E-state index contributed by atoms with van der Waals surface area (Å²) in [6, 6.07) is 0. The van der Waals surface area contributed by atoms with Crippen molar-refractivity contribution in [3.8, 4) is 0 Å². The molecule has 2 N–H and O–H groups in total. The molecule has 0 aromatic rings. The number of hydrogen-bond acceptors (Lipinski definition) is 2. The van der Waals surface area contributed by atoms with Crippen LogP contribution in [-0.2, 0) is 4.79 Å². The van der Waals surface area contributed by atoms with E-state index in [0.717, 1.165) is 0 Å². The van der Waals surface area contributed by atoms with Crippen molar-refractivity contribution in [2.45, 2.75) is 58.0 Å². The quantitative estimate of drug-likeness (QED) is 0.732. The van der Waals surface area contributed by atoms with Gasteiger partial charge in [0.15, 0.2) is 0 Å². The van der Waals surface area contributed by atoms with Gasteiger partial charge in [-0.05, 0) is 25.2 Å². The zero-order chi connectivity index (χ0) is 11.1. The van der Waals surface area contributed by atoms with Gasteiger partial charge < -0.3 is 10.4 Å². The summed E-state index contributed by atoms with van der Waals surface area (Å²) in [5.41, 5.74) is 0. The number of carbonyl (C=O) groups excluding carboxylic acids is 1. The summed E-state index contributed by atoms with van der Waals surface area (Å²) >= 11 is 0. The number of aliphatic hydroxyl groups is 1. The summed E-state index contributed by atoms with van der Waals surface area (Å²) < 4.78 is 0. The molecule has 1 rings (SSSR count). The predicted molar refractivity (Wildman–Crippen MR) is 60.5 cm³/mol. The highest BCUT2D eigenvalue weighted by atomic mass is 16.3. The monoisotopic (exact) mass is 213 g/mol. The van der Waals surface area contributed by atoms with Crippen LogP contribution in [0.4, 0.5) is 0 Å². The highest BCUT2D eigenvalue weighted by Gasteiger charge is 2.16. The van der Waals surface area contributed by atoms with Gasteiger partial charge in [-0.2, -0.15) is 0 Å². The minimum atomic E-state index is -0.389. The molecule has 0 bridgehead atoms. The topological polar surface area (TPSA) is 49.3 Å². The van der Waals surface area contributed by atoms with E-state index in [9.17, 15) is 9.90 Å². The van der Waals surface area contributed by atoms with Gasteiger partial charge in [-0.25, -0.2) is 0 Å². The largest absolute Gasteiger partial charge is 0.391 e. The Morgan fingerprint density at radius 1 is 1.40 bits per heavy atom. The molecule has 0 spiro atoms. The third kappa shape index (κ3) is 5.17. The number of nitrogens with one attached hydrogen (secondary N) is 1. The Hall–Kier alpha value is -0.570. The third-order valence-corrected chi connectivity index (χ3v) is 3.20. The molecule has 0 aliphatic heterocycles. The van der Waals surface area contributed by atoms with E-state index in [1.807, 2.05) is 6.92 Å². The first-order valence-electron chi connectivity index (χ1n) is 6.17. The van der Waals surface area contributed by atoms with Crippen LogP contribution in [0, 0.1) is 5.92 Å². The fraction of sp³-hybridized carbons (Fsp3) is 0.917. The van der Waals surface area contributed by atoms with Crippen LogP contribution in [0.5, 0.6) is 0 Å². The number of amides is 1. The fourth-order valence-corrected chi connectivity index (χ4v) is 2.10. The summed E-state index contributed by atoms with van der Waals surface area (Å²) in [7, 11) is 0. The van der Waals surface area contributed by atoms with E-state index in [-0.39, 0.29) is 12.0 Å². The maximum absolute atomic E-state index is 11.5. The summed E-state index contributed by atoms with van der Waals surface area (Å²) in [5, 5.41) is 12.1. The molecule has 1 fully saturated rings. The molecule has 0 saturated heterocycles. The molecule has 0 heterocycles. The van der Waals surface area contributed by atoms with Crippen LogP contribution < -0.4 is 5.32 Å². The van der Waals surface area contributed by atoms with E-state index in [0.29, 0.717) is 25.3 Å². The van der Waals surface area contributed by atoms with Gasteiger partial charge >= 0.3 is 0 Å². The van der Waals surface area contributed by atoms with Crippen molar-refractivity contribution in [3.05, 3.63) is 0 Å². The number of hydrogen-bond donors (Lipinski definition) is 2. The van der Waals surface area contributed by atoms with Gasteiger partial charge in [0.25, 0.3) is 0 Å². The summed E-state index contributed by atoms with van der Waals surface area (Å²) in [4.78, 5) is 11.5. The van der Waals surface area contributed by atoms with Crippen molar-refractivity contribution >= 4 is 5.91 Å². The second-order valence-electron chi connectivity index (χ2n) is 4.57. The zero-order valence-electron chi connectivity index (χ0n) is 9.67. The van der Waals surface area contributed by atoms with Crippen molar-refractivity contribution in [2.24, 2.45) is 5.92 Å². The maximum Gasteiger partial charge on any atom is 0.220 e.